The Morgan fingerprint density at radius 1 is 0.510 bits per heavy atom. The van der Waals surface area contributed by atoms with E-state index in [1.54, 1.807) is 0 Å². The lowest BCUT2D eigenvalue weighted by atomic mass is 10.0. The van der Waals surface area contributed by atoms with Gasteiger partial charge >= 0.3 is 11.4 Å². The van der Waals surface area contributed by atoms with Crippen molar-refractivity contribution in [3.8, 4) is 32.3 Å². The number of para-hydroxylation sites is 4. The second-order valence-corrected chi connectivity index (χ2v) is 14.6. The largest absolute Gasteiger partial charge is 0.357 e. The number of hydrogen-bond donors (Lipinski definition) is 0. The first-order valence-corrected chi connectivity index (χ1v) is 18.1. The highest BCUT2D eigenvalue weighted by Crippen LogP contribution is 2.54. The molecular formula is C38H20N6O4S3. The molecule has 10 rings (SSSR count). The van der Waals surface area contributed by atoms with E-state index in [9.17, 15) is 20.2 Å². The zero-order valence-electron chi connectivity index (χ0n) is 26.1. The Hall–Kier alpha value is -6.28. The molecule has 0 spiro atoms. The van der Waals surface area contributed by atoms with Gasteiger partial charge in [-0.25, -0.2) is 0 Å². The van der Waals surface area contributed by atoms with Gasteiger partial charge in [-0.3, -0.25) is 20.2 Å². The molecule has 0 aliphatic rings. The second kappa shape index (κ2) is 11.1. The van der Waals surface area contributed by atoms with E-state index < -0.39 is 21.2 Å². The maximum atomic E-state index is 13.1. The van der Waals surface area contributed by atoms with E-state index in [2.05, 4.69) is 17.9 Å². The summed E-state index contributed by atoms with van der Waals surface area (Å²) >= 11 is 3.61. The van der Waals surface area contributed by atoms with Crippen molar-refractivity contribution >= 4 is 99.0 Å². The Balaban J connectivity index is 1.28. The van der Waals surface area contributed by atoms with Crippen molar-refractivity contribution in [1.29, 1.82) is 0 Å². The molecule has 0 fully saturated rings. The molecule has 10 nitrogen and oxygen atoms in total. The number of thiophene rings is 2. The summed E-state index contributed by atoms with van der Waals surface area (Å²) in [5, 5.41) is 28.2. The van der Waals surface area contributed by atoms with Crippen LogP contribution >= 0.6 is 34.4 Å². The predicted octanol–water partition coefficient (Wildman–Crippen LogP) is 11.2. The molecule has 0 aliphatic carbocycles. The normalized spacial score (nSPS) is 11.8. The molecular weight excluding hydrogens is 701 g/mol. The van der Waals surface area contributed by atoms with Gasteiger partial charge in [0.1, 0.15) is 22.2 Å². The zero-order chi connectivity index (χ0) is 34.4. The molecule has 0 aliphatic heterocycles. The fourth-order valence-corrected chi connectivity index (χ4v) is 10.2. The SMILES string of the molecule is O=[N+]([O-])c1c([N+](=O)[O-])c(-c2cc3c(s2)c2ccccc2n3-c2ccccc2)c2nsnc2c1-c1cc2c(s1)c1ccccc1n2-c1ccccc1. The average molecular weight is 721 g/mol. The van der Waals surface area contributed by atoms with Gasteiger partial charge in [0, 0.05) is 31.9 Å². The Labute approximate surface area is 299 Å². The van der Waals surface area contributed by atoms with E-state index in [0.717, 1.165) is 65.3 Å². The van der Waals surface area contributed by atoms with Crippen molar-refractivity contribution in [2.24, 2.45) is 0 Å². The van der Waals surface area contributed by atoms with Gasteiger partial charge in [0.2, 0.25) is 0 Å². The quantitative estimate of drug-likeness (QED) is 0.124. The van der Waals surface area contributed by atoms with Gasteiger partial charge in [0.15, 0.2) is 0 Å². The lowest BCUT2D eigenvalue weighted by Crippen LogP contribution is -2.02. The molecule has 5 heterocycles. The van der Waals surface area contributed by atoms with Crippen molar-refractivity contribution in [3.63, 3.8) is 0 Å². The molecule has 244 valence electrons. The van der Waals surface area contributed by atoms with Crippen LogP contribution < -0.4 is 0 Å². The number of nitrogens with zero attached hydrogens (tertiary/aromatic N) is 6. The maximum absolute atomic E-state index is 13.1. The summed E-state index contributed by atoms with van der Waals surface area (Å²) < 4.78 is 15.2. The minimum atomic E-state index is -0.642. The second-order valence-electron chi connectivity index (χ2n) is 11.9. The highest BCUT2D eigenvalue weighted by atomic mass is 32.1. The lowest BCUT2D eigenvalue weighted by molar-refractivity contribution is -0.421. The monoisotopic (exact) mass is 720 g/mol. The zero-order valence-corrected chi connectivity index (χ0v) is 28.5. The molecule has 0 amide bonds. The number of hydrogen-bond acceptors (Lipinski definition) is 9. The number of nitro groups is 2. The predicted molar refractivity (Wildman–Crippen MR) is 206 cm³/mol. The highest BCUT2D eigenvalue weighted by Gasteiger charge is 2.40. The fraction of sp³-hybridized carbons (Fsp3) is 0. The van der Waals surface area contributed by atoms with Crippen LogP contribution in [-0.2, 0) is 0 Å². The molecule has 5 aromatic carbocycles. The van der Waals surface area contributed by atoms with Gasteiger partial charge in [-0.1, -0.05) is 72.8 Å². The van der Waals surface area contributed by atoms with Gasteiger partial charge in [-0.15, -0.1) is 22.7 Å². The van der Waals surface area contributed by atoms with Gasteiger partial charge in [0.05, 0.1) is 53.0 Å². The molecule has 5 aromatic heterocycles. The Bertz CT molecular complexity index is 2840. The van der Waals surface area contributed by atoms with E-state index in [4.69, 9.17) is 0 Å². The smallest absolute Gasteiger partial charge is 0.308 e. The molecule has 0 saturated heterocycles. The van der Waals surface area contributed by atoms with Crippen LogP contribution in [0.3, 0.4) is 0 Å². The van der Waals surface area contributed by atoms with Crippen molar-refractivity contribution in [3.05, 3.63) is 142 Å². The highest BCUT2D eigenvalue weighted by molar-refractivity contribution is 7.24. The Morgan fingerprint density at radius 2 is 0.902 bits per heavy atom. The lowest BCUT2D eigenvalue weighted by Gasteiger charge is -2.09. The fourth-order valence-electron chi connectivity index (χ4n) is 7.22. The van der Waals surface area contributed by atoms with Gasteiger partial charge in [-0.2, -0.15) is 8.75 Å². The molecule has 13 heteroatoms. The summed E-state index contributed by atoms with van der Waals surface area (Å²) in [6, 6.07) is 39.5. The van der Waals surface area contributed by atoms with Crippen molar-refractivity contribution in [2.45, 2.75) is 0 Å². The molecule has 10 aromatic rings. The standard InChI is InChI=1S/C38H20N6O4S3/c45-43(46)35-31(29-19-27-37(49-29)23-15-7-9-17-25(23)41(27)21-11-3-1-4-12-21)33-34(40-51-39-33)32(36(35)44(47)48)30-20-28-38(50-30)24-16-8-10-18-26(24)42(28)22-13-5-2-6-14-22/h1-20H. The molecule has 0 bridgehead atoms. The Kier molecular flexibility index (Phi) is 6.46. The average Bonchev–Trinajstić information content (AvgIpc) is 3.98. The number of fused-ring (bicyclic) bond motifs is 7. The summed E-state index contributed by atoms with van der Waals surface area (Å²) in [6.07, 6.45) is 0. The third-order valence-corrected chi connectivity index (χ3v) is 12.1. The topological polar surface area (TPSA) is 122 Å². The number of benzene rings is 5. The molecule has 0 radical (unpaired) electrons. The van der Waals surface area contributed by atoms with Crippen LogP contribution in [0.2, 0.25) is 0 Å². The summed E-state index contributed by atoms with van der Waals surface area (Å²) in [7, 11) is 0. The van der Waals surface area contributed by atoms with Gasteiger partial charge in [0.25, 0.3) is 0 Å². The van der Waals surface area contributed by atoms with E-state index in [0.29, 0.717) is 9.75 Å². The van der Waals surface area contributed by atoms with Crippen molar-refractivity contribution < 1.29 is 9.85 Å². The van der Waals surface area contributed by atoms with E-state index in [-0.39, 0.29) is 22.2 Å². The first kappa shape index (κ1) is 29.6. The Morgan fingerprint density at radius 3 is 1.31 bits per heavy atom. The molecule has 51 heavy (non-hydrogen) atoms. The van der Waals surface area contributed by atoms with Crippen LogP contribution in [0, 0.1) is 20.2 Å². The van der Waals surface area contributed by atoms with Crippen LogP contribution in [0.25, 0.3) is 85.5 Å². The van der Waals surface area contributed by atoms with Crippen LogP contribution in [0.4, 0.5) is 11.4 Å². The summed E-state index contributed by atoms with van der Waals surface area (Å²) in [5.74, 6) is 0. The first-order chi connectivity index (χ1) is 25.0. The number of aromatic nitrogens is 4. The minimum Gasteiger partial charge on any atom is -0.308 e. The van der Waals surface area contributed by atoms with E-state index >= 15 is 0 Å². The van der Waals surface area contributed by atoms with E-state index in [1.807, 2.05) is 121 Å². The summed E-state index contributed by atoms with van der Waals surface area (Å²) in [6.45, 7) is 0. The van der Waals surface area contributed by atoms with Crippen LogP contribution in [0.1, 0.15) is 0 Å². The summed E-state index contributed by atoms with van der Waals surface area (Å²) in [5.41, 5.74) is 5.07. The third-order valence-electron chi connectivity index (χ3n) is 9.23. The molecule has 0 unspecified atom stereocenters. The van der Waals surface area contributed by atoms with Gasteiger partial charge in [-0.05, 0) is 48.5 Å². The van der Waals surface area contributed by atoms with Crippen molar-refractivity contribution in [2.75, 3.05) is 0 Å². The number of rotatable bonds is 6. The molecule has 0 saturated carbocycles. The third kappa shape index (κ3) is 4.26. The van der Waals surface area contributed by atoms with E-state index in [1.165, 1.54) is 22.7 Å². The molecule has 0 atom stereocenters. The van der Waals surface area contributed by atoms with Crippen LogP contribution in [0.15, 0.2) is 121 Å². The van der Waals surface area contributed by atoms with Crippen LogP contribution in [0.5, 0.6) is 0 Å². The van der Waals surface area contributed by atoms with Gasteiger partial charge < -0.3 is 9.13 Å². The van der Waals surface area contributed by atoms with Crippen LogP contribution in [-0.4, -0.2) is 27.7 Å². The summed E-state index contributed by atoms with van der Waals surface area (Å²) in [4.78, 5) is 26.0. The molecule has 0 N–H and O–H groups in total. The first-order valence-electron chi connectivity index (χ1n) is 15.8. The minimum absolute atomic E-state index is 0.101. The number of nitro benzene ring substituents is 2. The van der Waals surface area contributed by atoms with Crippen molar-refractivity contribution in [1.82, 2.24) is 17.9 Å². The maximum Gasteiger partial charge on any atom is 0.357 e.